The van der Waals surface area contributed by atoms with Crippen LogP contribution in [0.5, 0.6) is 0 Å². The molecular formula is C43H84O12. The molecule has 0 radical (unpaired) electrons. The minimum Gasteiger partial charge on any atom is -0.466 e. The summed E-state index contributed by atoms with van der Waals surface area (Å²) in [6, 6.07) is 0. The second-order valence-corrected chi connectivity index (χ2v) is 16.4. The van der Waals surface area contributed by atoms with Crippen LogP contribution in [-0.2, 0) is 47.5 Å². The average molecular weight is 793 g/mol. The summed E-state index contributed by atoms with van der Waals surface area (Å²) in [7, 11) is 0. The van der Waals surface area contributed by atoms with Crippen LogP contribution in [0.4, 0.5) is 9.59 Å². The van der Waals surface area contributed by atoms with Gasteiger partial charge >= 0.3 is 24.2 Å². The minimum absolute atomic E-state index is 0.00200. The molecule has 1 unspecified atom stereocenters. The van der Waals surface area contributed by atoms with E-state index in [4.69, 9.17) is 14.2 Å². The number of ether oxygens (including phenoxy) is 7. The zero-order chi connectivity index (χ0) is 43.4. The Hall–Kier alpha value is -2.89. The Morgan fingerprint density at radius 1 is 0.582 bits per heavy atom. The molecule has 328 valence electrons. The summed E-state index contributed by atoms with van der Waals surface area (Å²) >= 11 is 0. The Balaban J connectivity index is -0.000000286. The van der Waals surface area contributed by atoms with Crippen molar-refractivity contribution < 1.29 is 57.1 Å². The standard InChI is InChI=1S/C10H22O.C9H18O2.C9H18O.C8H16O2.C4H6O3.C3H4O3/c1-9(2)5-7-11-8-6-10(3)4;1-7(2)5-6-11-9(10)8(3)4;1-7(2)5-9(10)6-8(3)4;1-4-8(9)10-6-5-7(2)3;1-3-2-6-4(5)7-3;4-3-5-1-2-6-3/h9-10H,5-8H2,1-4H3;7-8H,5-6H2,1-4H3;7-8H,5-6H2,1-4H3;7H,4-6H2,1-3H3;3H,2H2,1H3;1-2H2. The molecule has 0 amide bonds. The lowest BCUT2D eigenvalue weighted by Crippen LogP contribution is -2.13. The van der Waals surface area contributed by atoms with Crippen molar-refractivity contribution in [3.05, 3.63) is 0 Å². The van der Waals surface area contributed by atoms with Gasteiger partial charge < -0.3 is 33.2 Å². The van der Waals surface area contributed by atoms with E-state index in [1.807, 2.05) is 13.8 Å². The van der Waals surface area contributed by atoms with Crippen LogP contribution in [0.15, 0.2) is 0 Å². The fourth-order valence-electron chi connectivity index (χ4n) is 3.52. The van der Waals surface area contributed by atoms with Gasteiger partial charge in [-0.1, -0.05) is 104 Å². The predicted octanol–water partition coefficient (Wildman–Crippen LogP) is 10.7. The van der Waals surface area contributed by atoms with Crippen LogP contribution < -0.4 is 0 Å². The first-order chi connectivity index (χ1) is 25.5. The molecule has 2 heterocycles. The van der Waals surface area contributed by atoms with Crippen LogP contribution in [-0.4, -0.2) is 82.4 Å². The smallest absolute Gasteiger partial charge is 0.466 e. The Bertz CT molecular complexity index is 912. The van der Waals surface area contributed by atoms with Crippen LogP contribution in [0.1, 0.15) is 156 Å². The van der Waals surface area contributed by atoms with Gasteiger partial charge in [-0.2, -0.15) is 0 Å². The maximum atomic E-state index is 11.1. The lowest BCUT2D eigenvalue weighted by molar-refractivity contribution is -0.147. The number of ketones is 1. The molecule has 0 bridgehead atoms. The summed E-state index contributed by atoms with van der Waals surface area (Å²) in [4.78, 5) is 52.3. The first-order valence-electron chi connectivity index (χ1n) is 20.6. The third-order valence-electron chi connectivity index (χ3n) is 6.87. The number of Topliss-reactive ketones (excluding diaryl/α,β-unsaturated/α-hetero) is 1. The fourth-order valence-corrected chi connectivity index (χ4v) is 3.52. The molecule has 2 aliphatic heterocycles. The summed E-state index contributed by atoms with van der Waals surface area (Å²) in [6.45, 7) is 37.2. The summed E-state index contributed by atoms with van der Waals surface area (Å²) in [6.07, 6.45) is 5.14. The number of hydrogen-bond donors (Lipinski definition) is 0. The van der Waals surface area contributed by atoms with Crippen LogP contribution in [0.3, 0.4) is 0 Å². The van der Waals surface area contributed by atoms with Gasteiger partial charge in [-0.3, -0.25) is 14.4 Å². The molecule has 1 atom stereocenters. The Morgan fingerprint density at radius 2 is 0.982 bits per heavy atom. The number of esters is 2. The van der Waals surface area contributed by atoms with E-state index in [9.17, 15) is 24.0 Å². The van der Waals surface area contributed by atoms with E-state index in [0.717, 1.165) is 50.7 Å². The van der Waals surface area contributed by atoms with Crippen molar-refractivity contribution in [2.75, 3.05) is 46.2 Å². The Labute approximate surface area is 336 Å². The SMILES string of the molecule is CC(C)CC(=O)CC(C)C.CC(C)CCOC(=O)C(C)C.CC(C)CCOCCC(C)C.CC1COC(=O)O1.CCC(=O)OCCC(C)C.O=C1OCCO1. The molecular weight excluding hydrogens is 708 g/mol. The molecule has 2 fully saturated rings. The fraction of sp³-hybridized carbons (Fsp3) is 0.884. The second kappa shape index (κ2) is 39.3. The Kier molecular flexibility index (Phi) is 42.1. The predicted molar refractivity (Wildman–Crippen MR) is 219 cm³/mol. The second-order valence-electron chi connectivity index (χ2n) is 16.4. The zero-order valence-corrected chi connectivity index (χ0v) is 37.9. The number of carbonyl (C=O) groups is 5. The summed E-state index contributed by atoms with van der Waals surface area (Å²) in [5, 5.41) is 0. The third-order valence-corrected chi connectivity index (χ3v) is 6.87. The van der Waals surface area contributed by atoms with E-state index in [1.54, 1.807) is 13.8 Å². The van der Waals surface area contributed by atoms with E-state index in [2.05, 4.69) is 102 Å². The Morgan fingerprint density at radius 3 is 1.24 bits per heavy atom. The normalized spacial score (nSPS) is 14.1. The first-order valence-corrected chi connectivity index (χ1v) is 20.6. The van der Waals surface area contributed by atoms with E-state index < -0.39 is 12.3 Å². The monoisotopic (exact) mass is 793 g/mol. The molecule has 0 aliphatic carbocycles. The molecule has 55 heavy (non-hydrogen) atoms. The van der Waals surface area contributed by atoms with Crippen LogP contribution in [0.2, 0.25) is 0 Å². The molecule has 0 saturated carbocycles. The van der Waals surface area contributed by atoms with E-state index in [1.165, 1.54) is 12.8 Å². The number of hydrogen-bond acceptors (Lipinski definition) is 12. The zero-order valence-electron chi connectivity index (χ0n) is 37.9. The molecule has 12 nitrogen and oxygen atoms in total. The molecule has 0 aromatic rings. The van der Waals surface area contributed by atoms with Crippen molar-refractivity contribution >= 4 is 30.0 Å². The first kappa shape index (κ1) is 58.8. The van der Waals surface area contributed by atoms with Gasteiger partial charge in [0.05, 0.1) is 19.1 Å². The highest BCUT2D eigenvalue weighted by Gasteiger charge is 2.19. The molecule has 2 saturated heterocycles. The molecule has 2 aliphatic rings. The lowest BCUT2D eigenvalue weighted by Gasteiger charge is -2.07. The minimum atomic E-state index is -0.549. The number of carbonyl (C=O) groups excluding carboxylic acids is 5. The summed E-state index contributed by atoms with van der Waals surface area (Å²) in [5.41, 5.74) is 0. The van der Waals surface area contributed by atoms with Crippen molar-refractivity contribution in [2.45, 2.75) is 162 Å². The van der Waals surface area contributed by atoms with Crippen molar-refractivity contribution in [2.24, 2.45) is 41.4 Å². The average Bonchev–Trinajstić information content (AvgIpc) is 3.70. The molecule has 0 spiro atoms. The van der Waals surface area contributed by atoms with E-state index in [-0.39, 0.29) is 24.0 Å². The molecule has 2 rings (SSSR count). The van der Waals surface area contributed by atoms with Crippen LogP contribution in [0, 0.1) is 41.4 Å². The quantitative estimate of drug-likeness (QED) is 0.0738. The van der Waals surface area contributed by atoms with Crippen molar-refractivity contribution in [1.82, 2.24) is 0 Å². The molecule has 0 N–H and O–H groups in total. The van der Waals surface area contributed by atoms with Gasteiger partial charge in [0.1, 0.15) is 31.7 Å². The number of cyclic esters (lactones) is 4. The molecule has 0 aromatic heterocycles. The summed E-state index contributed by atoms with van der Waals surface area (Å²) in [5.74, 6) is 4.03. The van der Waals surface area contributed by atoms with Crippen molar-refractivity contribution in [1.29, 1.82) is 0 Å². The van der Waals surface area contributed by atoms with Gasteiger partial charge in [-0.05, 0) is 68.1 Å². The van der Waals surface area contributed by atoms with Gasteiger partial charge in [0.15, 0.2) is 0 Å². The highest BCUT2D eigenvalue weighted by molar-refractivity contribution is 5.78. The summed E-state index contributed by atoms with van der Waals surface area (Å²) < 4.78 is 32.8. The van der Waals surface area contributed by atoms with E-state index in [0.29, 0.717) is 68.9 Å². The molecule has 0 aromatic carbocycles. The topological polar surface area (TPSA) is 150 Å². The third kappa shape index (κ3) is 55.5. The van der Waals surface area contributed by atoms with Gasteiger partial charge in [0.2, 0.25) is 0 Å². The highest BCUT2D eigenvalue weighted by atomic mass is 16.8. The largest absolute Gasteiger partial charge is 0.508 e. The number of rotatable bonds is 18. The highest BCUT2D eigenvalue weighted by Crippen LogP contribution is 2.08. The van der Waals surface area contributed by atoms with Gasteiger partial charge in [0.25, 0.3) is 0 Å². The van der Waals surface area contributed by atoms with Gasteiger partial charge in [0, 0.05) is 32.5 Å². The van der Waals surface area contributed by atoms with E-state index >= 15 is 0 Å². The van der Waals surface area contributed by atoms with Crippen LogP contribution >= 0.6 is 0 Å². The molecule has 12 heteroatoms. The van der Waals surface area contributed by atoms with Crippen molar-refractivity contribution in [3.63, 3.8) is 0 Å². The maximum Gasteiger partial charge on any atom is 0.508 e. The van der Waals surface area contributed by atoms with Crippen molar-refractivity contribution in [3.8, 4) is 0 Å². The lowest BCUT2D eigenvalue weighted by atomic mass is 10.00. The van der Waals surface area contributed by atoms with Gasteiger partial charge in [-0.15, -0.1) is 0 Å². The van der Waals surface area contributed by atoms with Gasteiger partial charge in [-0.25, -0.2) is 9.59 Å². The maximum absolute atomic E-state index is 11.1. The van der Waals surface area contributed by atoms with Crippen LogP contribution in [0.25, 0.3) is 0 Å².